The van der Waals surface area contributed by atoms with Gasteiger partial charge in [-0.1, -0.05) is 0 Å². The minimum atomic E-state index is -0.108. The lowest BCUT2D eigenvalue weighted by Crippen LogP contribution is -2.25. The number of nitrogens with one attached hydrogen (secondary N) is 2. The normalized spacial score (nSPS) is 14.7. The van der Waals surface area contributed by atoms with Crippen molar-refractivity contribution in [2.24, 2.45) is 0 Å². The molecule has 4 aromatic carbocycles. The summed E-state index contributed by atoms with van der Waals surface area (Å²) in [5, 5.41) is 27.4. The van der Waals surface area contributed by atoms with Gasteiger partial charge in [0.2, 0.25) is 11.8 Å². The molecule has 48 heavy (non-hydrogen) atoms. The van der Waals surface area contributed by atoms with Crippen LogP contribution in [0, 0.1) is 0 Å². The zero-order valence-electron chi connectivity index (χ0n) is 25.1. The molecule has 0 saturated carbocycles. The molecule has 0 fully saturated rings. The Morgan fingerprint density at radius 3 is 1.17 bits per heavy atom. The Kier molecular flexibility index (Phi) is 13.0. The smallest absolute Gasteiger partial charge is 0.220 e. The predicted molar refractivity (Wildman–Crippen MR) is 206 cm³/mol. The second-order valence-corrected chi connectivity index (χ2v) is 16.2. The van der Waals surface area contributed by atoms with Crippen LogP contribution < -0.4 is 20.1 Å². The number of hydrogen-bond acceptors (Lipinski definition) is 6. The monoisotopic (exact) mass is 1030 g/mol. The molecule has 4 heterocycles. The molecule has 8 nitrogen and oxygen atoms in total. The summed E-state index contributed by atoms with van der Waals surface area (Å²) in [7, 11) is 0. The van der Waals surface area contributed by atoms with Crippen LogP contribution in [-0.4, -0.2) is 35.1 Å². The third kappa shape index (κ3) is 9.57. The Morgan fingerprint density at radius 2 is 0.771 bits per heavy atom. The number of rotatable bonds is 0. The third-order valence-corrected chi connectivity index (χ3v) is 11.0. The molecule has 8 bridgehead atoms. The molecule has 0 aromatic heterocycles. The number of aromatic hydroxyl groups is 2. The number of carbonyl (C=O) groups is 2. The van der Waals surface area contributed by atoms with Crippen LogP contribution in [0.2, 0.25) is 0 Å². The van der Waals surface area contributed by atoms with E-state index in [1.165, 1.54) is 0 Å². The molecule has 14 heteroatoms. The van der Waals surface area contributed by atoms with Gasteiger partial charge in [0, 0.05) is 25.9 Å². The molecular weight excluding hydrogens is 1010 g/mol. The molecule has 252 valence electrons. The van der Waals surface area contributed by atoms with Crippen molar-refractivity contribution in [1.82, 2.24) is 10.6 Å². The van der Waals surface area contributed by atoms with E-state index in [9.17, 15) is 19.8 Å². The number of amides is 2. The Morgan fingerprint density at radius 1 is 0.458 bits per heavy atom. The average molecular weight is 1040 g/mol. The first-order valence-electron chi connectivity index (χ1n) is 14.8. The first kappa shape index (κ1) is 37.2. The van der Waals surface area contributed by atoms with Gasteiger partial charge in [-0.3, -0.25) is 9.59 Å². The SMILES string of the molecule is O=C1CCc2cc(Br)c(c(Br)c2)Oc2cc(cc(Br)c2O)CCC(=O)NCCc2cc(Br)c(c(Br)c2)Oc2cc(cc(Br)c2O)CCN1. The van der Waals surface area contributed by atoms with Gasteiger partial charge in [-0.2, -0.15) is 0 Å². The summed E-state index contributed by atoms with van der Waals surface area (Å²) in [4.78, 5) is 25.5. The van der Waals surface area contributed by atoms with Crippen molar-refractivity contribution in [3.8, 4) is 34.5 Å². The van der Waals surface area contributed by atoms with Gasteiger partial charge in [-0.25, -0.2) is 0 Å². The van der Waals surface area contributed by atoms with Crippen LogP contribution in [-0.2, 0) is 35.3 Å². The topological polar surface area (TPSA) is 117 Å². The zero-order chi connectivity index (χ0) is 34.5. The van der Waals surface area contributed by atoms with Gasteiger partial charge < -0.3 is 30.3 Å². The summed E-state index contributed by atoms with van der Waals surface area (Å²) in [6.45, 7) is 0.822. The number of carbonyl (C=O) groups excluding carboxylic acids is 2. The maximum atomic E-state index is 12.8. The van der Waals surface area contributed by atoms with Crippen molar-refractivity contribution in [1.29, 1.82) is 0 Å². The summed E-state index contributed by atoms with van der Waals surface area (Å²) in [5.41, 5.74) is 3.53. The Bertz CT molecular complexity index is 1840. The zero-order valence-corrected chi connectivity index (χ0v) is 34.6. The Hall–Kier alpha value is -2.10. The highest BCUT2D eigenvalue weighted by Gasteiger charge is 2.18. The van der Waals surface area contributed by atoms with Crippen LogP contribution in [0.25, 0.3) is 0 Å². The van der Waals surface area contributed by atoms with Crippen molar-refractivity contribution in [3.63, 3.8) is 0 Å². The van der Waals surface area contributed by atoms with E-state index in [1.54, 1.807) is 24.3 Å². The van der Waals surface area contributed by atoms with Gasteiger partial charge in [-0.15, -0.1) is 0 Å². The van der Waals surface area contributed by atoms with E-state index in [0.29, 0.717) is 77.1 Å². The van der Waals surface area contributed by atoms with E-state index >= 15 is 0 Å². The second-order valence-electron chi connectivity index (χ2n) is 11.0. The minimum Gasteiger partial charge on any atom is -0.503 e. The fourth-order valence-electron chi connectivity index (χ4n) is 5.01. The van der Waals surface area contributed by atoms with Crippen LogP contribution >= 0.6 is 95.6 Å². The van der Waals surface area contributed by atoms with Crippen molar-refractivity contribution in [3.05, 3.63) is 97.6 Å². The number of aryl methyl sites for hydroxylation is 2. The van der Waals surface area contributed by atoms with Gasteiger partial charge in [-0.05, 0) is 192 Å². The van der Waals surface area contributed by atoms with Gasteiger partial charge in [0.05, 0.1) is 26.8 Å². The molecule has 4 aromatic rings. The lowest BCUT2D eigenvalue weighted by molar-refractivity contribution is -0.121. The van der Waals surface area contributed by atoms with Crippen LogP contribution in [0.1, 0.15) is 35.1 Å². The standard InChI is InChI=1S/C34H28Br6N2O6/c35-21-9-18-2-4-30(44)41-7-5-19-13-25(39)34(26(40)14-19)48-28-16-20(10-22(36)32(28)46)6-8-42-29(43)3-1-17-11-23(37)33(24(38)12-17)47-27(15-18)31(21)45/h9-16,45-46H,1-8H2,(H,41,44)(H,42,43). The number of phenolic OH excluding ortho intramolecular Hbond substituents is 2. The molecule has 2 amide bonds. The Labute approximate surface area is 328 Å². The molecule has 4 N–H and O–H groups in total. The molecule has 4 aliphatic rings. The first-order valence-corrected chi connectivity index (χ1v) is 19.5. The van der Waals surface area contributed by atoms with Crippen LogP contribution in [0.4, 0.5) is 0 Å². The van der Waals surface area contributed by atoms with E-state index in [1.807, 2.05) is 24.3 Å². The number of ether oxygens (including phenoxy) is 2. The molecule has 0 saturated heterocycles. The lowest BCUT2D eigenvalue weighted by Gasteiger charge is -2.16. The molecule has 0 radical (unpaired) electrons. The van der Waals surface area contributed by atoms with Gasteiger partial charge in [0.15, 0.2) is 34.5 Å². The van der Waals surface area contributed by atoms with Crippen LogP contribution in [0.3, 0.4) is 0 Å². The van der Waals surface area contributed by atoms with E-state index < -0.39 is 0 Å². The van der Waals surface area contributed by atoms with Gasteiger partial charge >= 0.3 is 0 Å². The average Bonchev–Trinajstić information content (AvgIpc) is 3.02. The third-order valence-electron chi connectivity index (χ3n) is 7.47. The fourth-order valence-corrected chi connectivity index (χ4v) is 8.88. The summed E-state index contributed by atoms with van der Waals surface area (Å²) in [6.07, 6.45) is 2.52. The van der Waals surface area contributed by atoms with Crippen molar-refractivity contribution >= 4 is 107 Å². The van der Waals surface area contributed by atoms with E-state index in [4.69, 9.17) is 9.47 Å². The number of phenols is 2. The first-order chi connectivity index (χ1) is 22.9. The van der Waals surface area contributed by atoms with E-state index in [2.05, 4.69) is 106 Å². The van der Waals surface area contributed by atoms with E-state index in [-0.39, 0.29) is 47.7 Å². The molecule has 0 spiro atoms. The molecule has 0 atom stereocenters. The van der Waals surface area contributed by atoms with Crippen molar-refractivity contribution in [2.75, 3.05) is 13.1 Å². The molecular formula is C34H28Br6N2O6. The molecule has 0 unspecified atom stereocenters. The highest BCUT2D eigenvalue weighted by Crippen LogP contribution is 2.45. The molecule has 0 aliphatic carbocycles. The predicted octanol–water partition coefficient (Wildman–Crippen LogP) is 10.2. The quantitative estimate of drug-likeness (QED) is 0.139. The number of benzene rings is 4. The van der Waals surface area contributed by atoms with Gasteiger partial charge in [0.1, 0.15) is 0 Å². The summed E-state index contributed by atoms with van der Waals surface area (Å²) >= 11 is 21.1. The highest BCUT2D eigenvalue weighted by atomic mass is 79.9. The van der Waals surface area contributed by atoms with Gasteiger partial charge in [0.25, 0.3) is 0 Å². The van der Waals surface area contributed by atoms with Crippen LogP contribution in [0.15, 0.2) is 75.4 Å². The second kappa shape index (κ2) is 16.7. The summed E-state index contributed by atoms with van der Waals surface area (Å²) in [5.74, 6) is 1.13. The van der Waals surface area contributed by atoms with Crippen molar-refractivity contribution in [2.45, 2.75) is 38.5 Å². The number of halogens is 6. The number of hydrogen-bond donors (Lipinski definition) is 4. The largest absolute Gasteiger partial charge is 0.503 e. The fraction of sp³-hybridized carbons (Fsp3) is 0.235. The lowest BCUT2D eigenvalue weighted by atomic mass is 10.1. The summed E-state index contributed by atoms with van der Waals surface area (Å²) in [6, 6.07) is 14.6. The van der Waals surface area contributed by atoms with E-state index in [0.717, 1.165) is 22.3 Å². The maximum Gasteiger partial charge on any atom is 0.220 e. The summed E-state index contributed by atoms with van der Waals surface area (Å²) < 4.78 is 15.9. The maximum absolute atomic E-state index is 12.8. The Balaban J connectivity index is 1.40. The molecule has 4 aliphatic heterocycles. The molecule has 8 rings (SSSR count). The van der Waals surface area contributed by atoms with Crippen LogP contribution in [0.5, 0.6) is 34.5 Å². The minimum absolute atomic E-state index is 0.0438. The highest BCUT2D eigenvalue weighted by molar-refractivity contribution is 9.11. The van der Waals surface area contributed by atoms with Crippen molar-refractivity contribution < 1.29 is 29.3 Å².